The van der Waals surface area contributed by atoms with Gasteiger partial charge in [-0.05, 0) is 96.1 Å². The van der Waals surface area contributed by atoms with Gasteiger partial charge in [-0.15, -0.1) is 0 Å². The number of aryl methyl sites for hydroxylation is 1. The van der Waals surface area contributed by atoms with Crippen LogP contribution in [0.1, 0.15) is 56.2 Å². The minimum atomic E-state index is 0.287. The molecule has 0 N–H and O–H groups in total. The Morgan fingerprint density at radius 2 is 1.33 bits per heavy atom. The lowest BCUT2D eigenvalue weighted by molar-refractivity contribution is 0.483. The minimum Gasteiger partial charge on any atom is -0.457 e. The zero-order valence-electron chi connectivity index (χ0n) is 31.9. The molecule has 5 aromatic carbocycles. The quantitative estimate of drug-likeness (QED) is 0.149. The summed E-state index contributed by atoms with van der Waals surface area (Å²) in [6.45, 7) is 11.9. The van der Waals surface area contributed by atoms with Crippen LogP contribution in [0.3, 0.4) is 0 Å². The number of nitrogens with zero attached hydrogens (tertiary/aromatic N) is 6. The van der Waals surface area contributed by atoms with E-state index < -0.39 is 0 Å². The Kier molecular flexibility index (Phi) is 8.70. The maximum Gasteiger partial charge on any atom is 0.144 e. The molecule has 7 heteroatoms. The Morgan fingerprint density at radius 1 is 0.618 bits per heavy atom. The van der Waals surface area contributed by atoms with Crippen molar-refractivity contribution in [3.8, 4) is 34.4 Å². The van der Waals surface area contributed by atoms with Crippen LogP contribution in [0.2, 0.25) is 0 Å². The van der Waals surface area contributed by atoms with Crippen LogP contribution in [0.4, 0.5) is 11.4 Å². The second kappa shape index (κ2) is 14.0. The lowest BCUT2D eigenvalue weighted by Crippen LogP contribution is -2.25. The standard InChI is InChI=1S/C48H44N6O/c1-32(2)42-27-37(52-25-24-51(31-52)36-13-7-6-8-14-36)28-43(33(3)4)47(42)53-23-22-49-48(53)35-12-11-15-38(26-35)55-39-19-20-41-40-16-9-10-17-44(40)54(45(41)29-39)46-21-18-34(5)30-50-46/h6-30,32-33H,31H2,1-5H3. The first-order valence-electron chi connectivity index (χ1n) is 19.0. The SMILES string of the molecule is Cc1ccc(-n2c3ccccc3c3ccc(Oc4cccc(-c5nccn5-c5c(C(C)C)cc(N6C=CN(c7ccccc7)C6)cc5C(C)C)c4)cc32)nc1. The van der Waals surface area contributed by atoms with Gasteiger partial charge in [0, 0.05) is 64.8 Å². The summed E-state index contributed by atoms with van der Waals surface area (Å²) in [5.74, 6) is 3.83. The van der Waals surface area contributed by atoms with Crippen molar-refractivity contribution in [2.45, 2.75) is 46.5 Å². The third-order valence-corrected chi connectivity index (χ3v) is 10.5. The Hall–Kier alpha value is -6.60. The smallest absolute Gasteiger partial charge is 0.144 e. The molecular weight excluding hydrogens is 677 g/mol. The zero-order chi connectivity index (χ0) is 37.6. The molecule has 1 aliphatic heterocycles. The summed E-state index contributed by atoms with van der Waals surface area (Å²) in [7, 11) is 0. The van der Waals surface area contributed by atoms with Gasteiger partial charge < -0.3 is 14.5 Å². The normalized spacial score (nSPS) is 12.9. The fraction of sp³-hybridized carbons (Fsp3) is 0.167. The van der Waals surface area contributed by atoms with Gasteiger partial charge in [0.2, 0.25) is 0 Å². The highest BCUT2D eigenvalue weighted by molar-refractivity contribution is 6.09. The van der Waals surface area contributed by atoms with Crippen LogP contribution in [0.25, 0.3) is 44.7 Å². The summed E-state index contributed by atoms with van der Waals surface area (Å²) in [6, 6.07) is 42.5. The molecule has 1 aliphatic rings. The van der Waals surface area contributed by atoms with Crippen molar-refractivity contribution in [1.82, 2.24) is 19.1 Å². The number of fused-ring (bicyclic) bond motifs is 3. The molecule has 9 rings (SSSR count). The second-order valence-corrected chi connectivity index (χ2v) is 15.0. The Morgan fingerprint density at radius 3 is 2.07 bits per heavy atom. The van der Waals surface area contributed by atoms with Crippen LogP contribution in [-0.4, -0.2) is 25.8 Å². The molecule has 0 atom stereocenters. The number of imidazole rings is 1. The van der Waals surface area contributed by atoms with E-state index in [-0.39, 0.29) is 11.8 Å². The molecule has 0 unspecified atom stereocenters. The van der Waals surface area contributed by atoms with Gasteiger partial charge in [0.05, 0.1) is 23.4 Å². The molecule has 8 aromatic rings. The largest absolute Gasteiger partial charge is 0.457 e. The van der Waals surface area contributed by atoms with Crippen LogP contribution in [-0.2, 0) is 0 Å². The molecule has 55 heavy (non-hydrogen) atoms. The van der Waals surface area contributed by atoms with Gasteiger partial charge in [-0.2, -0.15) is 0 Å². The summed E-state index contributed by atoms with van der Waals surface area (Å²) in [6.07, 6.45) is 10.3. The average molecular weight is 721 g/mol. The molecule has 0 aliphatic carbocycles. The summed E-state index contributed by atoms with van der Waals surface area (Å²) in [5, 5.41) is 2.34. The Labute approximate surface area is 322 Å². The average Bonchev–Trinajstić information content (AvgIpc) is 3.97. The number of aromatic nitrogens is 4. The predicted octanol–water partition coefficient (Wildman–Crippen LogP) is 12.1. The lowest BCUT2D eigenvalue weighted by atomic mass is 9.91. The van der Waals surface area contributed by atoms with Crippen molar-refractivity contribution in [2.24, 2.45) is 0 Å². The molecule has 4 heterocycles. The maximum atomic E-state index is 6.63. The van der Waals surface area contributed by atoms with Gasteiger partial charge in [-0.3, -0.25) is 9.13 Å². The van der Waals surface area contributed by atoms with Crippen LogP contribution in [0, 0.1) is 6.92 Å². The highest BCUT2D eigenvalue weighted by atomic mass is 16.5. The van der Waals surface area contributed by atoms with Gasteiger partial charge in [-0.1, -0.05) is 82.3 Å². The molecule has 0 amide bonds. The molecule has 0 radical (unpaired) electrons. The van der Waals surface area contributed by atoms with E-state index in [2.05, 4.69) is 181 Å². The zero-order valence-corrected chi connectivity index (χ0v) is 31.9. The molecule has 0 saturated carbocycles. The van der Waals surface area contributed by atoms with Crippen molar-refractivity contribution in [2.75, 3.05) is 16.5 Å². The summed E-state index contributed by atoms with van der Waals surface area (Å²) >= 11 is 0. The number of hydrogen-bond donors (Lipinski definition) is 0. The number of pyridine rings is 1. The van der Waals surface area contributed by atoms with Crippen molar-refractivity contribution in [1.29, 1.82) is 0 Å². The monoisotopic (exact) mass is 720 g/mol. The Balaban J connectivity index is 1.06. The van der Waals surface area contributed by atoms with Crippen molar-refractivity contribution in [3.63, 3.8) is 0 Å². The van der Waals surface area contributed by atoms with E-state index >= 15 is 0 Å². The topological polar surface area (TPSA) is 51.4 Å². The van der Waals surface area contributed by atoms with E-state index in [9.17, 15) is 0 Å². The summed E-state index contributed by atoms with van der Waals surface area (Å²) in [4.78, 5) is 14.3. The van der Waals surface area contributed by atoms with Crippen LogP contribution in [0.5, 0.6) is 11.5 Å². The molecule has 3 aromatic heterocycles. The first kappa shape index (κ1) is 34.2. The van der Waals surface area contributed by atoms with Gasteiger partial charge in [0.1, 0.15) is 23.1 Å². The van der Waals surface area contributed by atoms with Gasteiger partial charge in [0.25, 0.3) is 0 Å². The fourth-order valence-corrected chi connectivity index (χ4v) is 7.75. The molecule has 7 nitrogen and oxygen atoms in total. The third-order valence-electron chi connectivity index (χ3n) is 10.5. The number of benzene rings is 5. The van der Waals surface area contributed by atoms with Crippen LogP contribution >= 0.6 is 0 Å². The maximum absolute atomic E-state index is 6.63. The van der Waals surface area contributed by atoms with E-state index in [0.29, 0.717) is 0 Å². The third kappa shape index (κ3) is 6.31. The van der Waals surface area contributed by atoms with Crippen molar-refractivity contribution in [3.05, 3.63) is 169 Å². The van der Waals surface area contributed by atoms with Gasteiger partial charge in [-0.25, -0.2) is 9.97 Å². The first-order valence-corrected chi connectivity index (χ1v) is 19.0. The van der Waals surface area contributed by atoms with Gasteiger partial charge in [0.15, 0.2) is 0 Å². The molecule has 0 spiro atoms. The van der Waals surface area contributed by atoms with E-state index in [1.165, 1.54) is 33.6 Å². The van der Waals surface area contributed by atoms with Crippen molar-refractivity contribution < 1.29 is 4.74 Å². The summed E-state index contributed by atoms with van der Waals surface area (Å²) < 4.78 is 11.1. The number of anilines is 2. The number of rotatable bonds is 9. The fourth-order valence-electron chi connectivity index (χ4n) is 7.75. The van der Waals surface area contributed by atoms with Gasteiger partial charge >= 0.3 is 0 Å². The number of para-hydroxylation sites is 2. The first-order chi connectivity index (χ1) is 26.8. The summed E-state index contributed by atoms with van der Waals surface area (Å²) in [5.41, 5.74) is 10.4. The highest BCUT2D eigenvalue weighted by Crippen LogP contribution is 2.40. The van der Waals surface area contributed by atoms with Crippen molar-refractivity contribution >= 4 is 33.2 Å². The molecule has 0 saturated heterocycles. The molecule has 0 bridgehead atoms. The molecular formula is C48H44N6O. The molecule has 272 valence electrons. The predicted molar refractivity (Wildman–Crippen MR) is 226 cm³/mol. The highest BCUT2D eigenvalue weighted by Gasteiger charge is 2.24. The Bertz CT molecular complexity index is 2660. The van der Waals surface area contributed by atoms with E-state index in [1.54, 1.807) is 0 Å². The lowest BCUT2D eigenvalue weighted by Gasteiger charge is -2.27. The number of hydrogen-bond acceptors (Lipinski definition) is 5. The van der Waals surface area contributed by atoms with Crippen LogP contribution in [0.15, 0.2) is 152 Å². The second-order valence-electron chi connectivity index (χ2n) is 15.0. The molecule has 0 fully saturated rings. The van der Waals surface area contributed by atoms with E-state index in [1.807, 2.05) is 24.5 Å². The number of ether oxygens (including phenoxy) is 1. The minimum absolute atomic E-state index is 0.287. The van der Waals surface area contributed by atoms with E-state index in [4.69, 9.17) is 14.7 Å². The van der Waals surface area contributed by atoms with Crippen LogP contribution < -0.4 is 14.5 Å². The van der Waals surface area contributed by atoms with E-state index in [0.717, 1.165) is 57.4 Å².